The maximum absolute atomic E-state index is 10.6. The monoisotopic (exact) mass is 298 g/mol. The van der Waals surface area contributed by atoms with Gasteiger partial charge in [-0.25, -0.2) is 4.79 Å². The molecule has 2 N–H and O–H groups in total. The standard InChI is InChI=1S/C7H4ClIO3/c8-3-1-2-4(9)5(6(3)10)7(11)12/h1-2,10H,(H,11,12). The zero-order chi connectivity index (χ0) is 9.30. The predicted molar refractivity (Wildman–Crippen MR) is 52.8 cm³/mol. The first kappa shape index (κ1) is 9.60. The van der Waals surface area contributed by atoms with Gasteiger partial charge in [-0.2, -0.15) is 0 Å². The van der Waals surface area contributed by atoms with Crippen LogP contribution in [0.5, 0.6) is 5.75 Å². The number of benzene rings is 1. The molecule has 64 valence electrons. The highest BCUT2D eigenvalue weighted by atomic mass is 127. The zero-order valence-electron chi connectivity index (χ0n) is 5.71. The molecule has 0 radical (unpaired) electrons. The van der Waals surface area contributed by atoms with Crippen LogP contribution in [0.2, 0.25) is 5.02 Å². The smallest absolute Gasteiger partial charge is 0.340 e. The molecule has 1 aromatic carbocycles. The van der Waals surface area contributed by atoms with Crippen molar-refractivity contribution in [3.63, 3.8) is 0 Å². The molecule has 0 saturated heterocycles. The van der Waals surface area contributed by atoms with Crippen molar-refractivity contribution >= 4 is 40.2 Å². The normalized spacial score (nSPS) is 9.83. The molecule has 5 heteroatoms. The van der Waals surface area contributed by atoms with Crippen LogP contribution in [0.1, 0.15) is 10.4 Å². The predicted octanol–water partition coefficient (Wildman–Crippen LogP) is 2.35. The van der Waals surface area contributed by atoms with Crippen molar-refractivity contribution in [2.75, 3.05) is 0 Å². The molecule has 0 amide bonds. The second-order valence-electron chi connectivity index (χ2n) is 2.06. The van der Waals surface area contributed by atoms with Crippen LogP contribution in [-0.2, 0) is 0 Å². The van der Waals surface area contributed by atoms with Crippen molar-refractivity contribution < 1.29 is 15.0 Å². The molecule has 0 aliphatic rings. The Balaban J connectivity index is 3.43. The average molecular weight is 298 g/mol. The van der Waals surface area contributed by atoms with Gasteiger partial charge in [0, 0.05) is 3.57 Å². The Morgan fingerprint density at radius 3 is 2.50 bits per heavy atom. The second kappa shape index (κ2) is 3.49. The van der Waals surface area contributed by atoms with Gasteiger partial charge in [0.05, 0.1) is 5.02 Å². The van der Waals surface area contributed by atoms with Crippen LogP contribution >= 0.6 is 34.2 Å². The molecule has 12 heavy (non-hydrogen) atoms. The fraction of sp³-hybridized carbons (Fsp3) is 0. The molecule has 0 saturated carbocycles. The molecule has 3 nitrogen and oxygen atoms in total. The minimum absolute atomic E-state index is 0.0489. The second-order valence-corrected chi connectivity index (χ2v) is 3.63. The summed E-state index contributed by atoms with van der Waals surface area (Å²) in [6.07, 6.45) is 0. The molecule has 1 rings (SSSR count). The van der Waals surface area contributed by atoms with Gasteiger partial charge in [-0.15, -0.1) is 0 Å². The molecule has 0 unspecified atom stereocenters. The molecule has 0 aliphatic heterocycles. The third-order valence-corrected chi connectivity index (χ3v) is 2.50. The lowest BCUT2D eigenvalue weighted by Gasteiger charge is -2.02. The SMILES string of the molecule is O=C(O)c1c(I)ccc(Cl)c1O. The summed E-state index contributed by atoms with van der Waals surface area (Å²) in [5.41, 5.74) is -0.150. The molecular weight excluding hydrogens is 294 g/mol. The van der Waals surface area contributed by atoms with Crippen LogP contribution in [0.3, 0.4) is 0 Å². The fourth-order valence-corrected chi connectivity index (χ4v) is 1.57. The van der Waals surface area contributed by atoms with Crippen LogP contribution in [0.25, 0.3) is 0 Å². The highest BCUT2D eigenvalue weighted by Crippen LogP contribution is 2.30. The van der Waals surface area contributed by atoms with Gasteiger partial charge in [0.2, 0.25) is 0 Å². The quantitative estimate of drug-likeness (QED) is 0.783. The minimum Gasteiger partial charge on any atom is -0.505 e. The van der Waals surface area contributed by atoms with Gasteiger partial charge < -0.3 is 10.2 Å². The topological polar surface area (TPSA) is 57.5 Å². The van der Waals surface area contributed by atoms with E-state index < -0.39 is 5.97 Å². The molecule has 0 aliphatic carbocycles. The number of aromatic hydroxyl groups is 1. The summed E-state index contributed by atoms with van der Waals surface area (Å²) in [7, 11) is 0. The van der Waals surface area contributed by atoms with E-state index in [4.69, 9.17) is 16.7 Å². The van der Waals surface area contributed by atoms with Crippen LogP contribution < -0.4 is 0 Å². The molecule has 0 heterocycles. The van der Waals surface area contributed by atoms with Crippen molar-refractivity contribution in [1.82, 2.24) is 0 Å². The maximum Gasteiger partial charge on any atom is 0.340 e. The molecule has 1 aromatic rings. The van der Waals surface area contributed by atoms with Crippen LogP contribution in [0, 0.1) is 3.57 Å². The number of carbonyl (C=O) groups is 1. The highest BCUT2D eigenvalue weighted by Gasteiger charge is 2.15. The summed E-state index contributed by atoms with van der Waals surface area (Å²) in [5.74, 6) is -1.56. The first-order valence-corrected chi connectivity index (χ1v) is 4.40. The lowest BCUT2D eigenvalue weighted by molar-refractivity contribution is 0.0692. The number of carboxylic acids is 1. The Bertz CT molecular complexity index is 338. The number of hydrogen-bond acceptors (Lipinski definition) is 2. The van der Waals surface area contributed by atoms with E-state index in [9.17, 15) is 9.90 Å². The number of phenols is 1. The van der Waals surface area contributed by atoms with Crippen molar-refractivity contribution in [1.29, 1.82) is 0 Å². The van der Waals surface area contributed by atoms with Gasteiger partial charge >= 0.3 is 5.97 Å². The summed E-state index contributed by atoms with van der Waals surface area (Å²) in [6, 6.07) is 2.98. The van der Waals surface area contributed by atoms with Crippen LogP contribution in [-0.4, -0.2) is 16.2 Å². The fourth-order valence-electron chi connectivity index (χ4n) is 0.745. The molecule has 0 bridgehead atoms. The largest absolute Gasteiger partial charge is 0.505 e. The van der Waals surface area contributed by atoms with E-state index in [1.165, 1.54) is 12.1 Å². The third-order valence-electron chi connectivity index (χ3n) is 1.29. The van der Waals surface area contributed by atoms with Gasteiger partial charge in [0.25, 0.3) is 0 Å². The maximum atomic E-state index is 10.6. The number of rotatable bonds is 1. The molecule has 0 fully saturated rings. The summed E-state index contributed by atoms with van der Waals surface area (Å²) < 4.78 is 0.460. The van der Waals surface area contributed by atoms with Gasteiger partial charge in [-0.1, -0.05) is 11.6 Å². The van der Waals surface area contributed by atoms with Crippen molar-refractivity contribution in [3.05, 3.63) is 26.3 Å². The van der Waals surface area contributed by atoms with Gasteiger partial charge in [0.1, 0.15) is 11.3 Å². The van der Waals surface area contributed by atoms with Crippen molar-refractivity contribution in [2.45, 2.75) is 0 Å². The Morgan fingerprint density at radius 2 is 2.08 bits per heavy atom. The van der Waals surface area contributed by atoms with Crippen molar-refractivity contribution in [2.24, 2.45) is 0 Å². The molecule has 0 atom stereocenters. The van der Waals surface area contributed by atoms with Gasteiger partial charge in [-0.05, 0) is 34.7 Å². The zero-order valence-corrected chi connectivity index (χ0v) is 8.63. The number of carboxylic acid groups (broad SMARTS) is 1. The highest BCUT2D eigenvalue weighted by molar-refractivity contribution is 14.1. The first-order chi connectivity index (χ1) is 5.54. The molecular formula is C7H4ClIO3. The summed E-state index contributed by atoms with van der Waals surface area (Å²) in [5, 5.41) is 17.9. The average Bonchev–Trinajstić information content (AvgIpc) is 1.97. The summed E-state index contributed by atoms with van der Waals surface area (Å²) >= 11 is 7.33. The van der Waals surface area contributed by atoms with E-state index in [-0.39, 0.29) is 16.3 Å². The Hall–Kier alpha value is -0.490. The number of hydrogen-bond donors (Lipinski definition) is 2. The Morgan fingerprint density at radius 1 is 1.50 bits per heavy atom. The van der Waals surface area contributed by atoms with E-state index in [2.05, 4.69) is 0 Å². The Labute approximate surface area is 87.1 Å². The van der Waals surface area contributed by atoms with E-state index in [1.807, 2.05) is 22.6 Å². The first-order valence-electron chi connectivity index (χ1n) is 2.94. The lowest BCUT2D eigenvalue weighted by atomic mass is 10.2. The van der Waals surface area contributed by atoms with Gasteiger partial charge in [0.15, 0.2) is 0 Å². The Kier molecular flexibility index (Phi) is 2.79. The number of aromatic carboxylic acids is 1. The lowest BCUT2D eigenvalue weighted by Crippen LogP contribution is -2.00. The summed E-state index contributed by atoms with van der Waals surface area (Å²) in [6.45, 7) is 0. The van der Waals surface area contributed by atoms with Crippen LogP contribution in [0.15, 0.2) is 12.1 Å². The van der Waals surface area contributed by atoms with Crippen molar-refractivity contribution in [3.8, 4) is 5.75 Å². The van der Waals surface area contributed by atoms with Crippen LogP contribution in [0.4, 0.5) is 0 Å². The van der Waals surface area contributed by atoms with Gasteiger partial charge in [-0.3, -0.25) is 0 Å². The van der Waals surface area contributed by atoms with E-state index >= 15 is 0 Å². The van der Waals surface area contributed by atoms with E-state index in [0.717, 1.165) is 0 Å². The van der Waals surface area contributed by atoms with E-state index in [1.54, 1.807) is 0 Å². The molecule has 0 spiro atoms. The molecule has 0 aromatic heterocycles. The third kappa shape index (κ3) is 1.64. The minimum atomic E-state index is -1.18. The summed E-state index contributed by atoms with van der Waals surface area (Å²) in [4.78, 5) is 10.6. The number of halogens is 2. The van der Waals surface area contributed by atoms with E-state index in [0.29, 0.717) is 3.57 Å².